The molecular weight excluding hydrogens is 574 g/mol. The van der Waals surface area contributed by atoms with Crippen molar-refractivity contribution in [3.8, 4) is 0 Å². The zero-order valence-corrected chi connectivity index (χ0v) is 30.0. The van der Waals surface area contributed by atoms with Crippen molar-refractivity contribution < 1.29 is 24.2 Å². The number of nitrogens with one attached hydrogen (secondary N) is 1. The molecule has 6 fully saturated rings. The summed E-state index contributed by atoms with van der Waals surface area (Å²) < 4.78 is 5.95. The van der Waals surface area contributed by atoms with Gasteiger partial charge in [0.25, 0.3) is 0 Å². The predicted octanol–water partition coefficient (Wildman–Crippen LogP) is 8.58. The molecule has 2 N–H and O–H groups in total. The Hall–Kier alpha value is -1.85. The normalized spacial score (nSPS) is 47.7. The number of carboxylic acids is 1. The van der Waals surface area contributed by atoms with Gasteiger partial charge in [0, 0.05) is 18.9 Å². The molecule has 46 heavy (non-hydrogen) atoms. The maximum atomic E-state index is 14.5. The molecule has 6 rings (SSSR count). The molecular formula is C40H63NO5. The number of hydrogen-bond donors (Lipinski definition) is 2. The molecule has 0 aliphatic heterocycles. The molecule has 0 aromatic rings. The SMILES string of the molecule is C=C(C)[C@@H]1CC[C@]2(C(=O)NCC3CCC(C(=O)O)CC3)CC[C@]3(C)[C@H](CC[C@@H]4[C@@]5(C)CC[C@H](OC(C)=O)C(C)(C)[C@@H]5CC[C@]43C)[C@@H]12. The van der Waals surface area contributed by atoms with Crippen LogP contribution in [0.5, 0.6) is 0 Å². The van der Waals surface area contributed by atoms with Gasteiger partial charge in [0.1, 0.15) is 6.10 Å². The Labute approximate surface area is 278 Å². The van der Waals surface area contributed by atoms with E-state index >= 15 is 0 Å². The third-order valence-electron chi connectivity index (χ3n) is 16.5. The Kier molecular flexibility index (Phi) is 8.61. The average molecular weight is 638 g/mol. The lowest BCUT2D eigenvalue weighted by Crippen LogP contribution is -2.67. The monoisotopic (exact) mass is 637 g/mol. The average Bonchev–Trinajstić information content (AvgIpc) is 3.39. The van der Waals surface area contributed by atoms with E-state index in [9.17, 15) is 19.5 Å². The fourth-order valence-corrected chi connectivity index (χ4v) is 13.9. The minimum Gasteiger partial charge on any atom is -0.481 e. The van der Waals surface area contributed by atoms with Crippen molar-refractivity contribution in [1.29, 1.82) is 0 Å². The first-order valence-electron chi connectivity index (χ1n) is 18.8. The largest absolute Gasteiger partial charge is 0.481 e. The molecule has 6 heteroatoms. The van der Waals surface area contributed by atoms with Gasteiger partial charge in [-0.05, 0) is 149 Å². The van der Waals surface area contributed by atoms with Crippen molar-refractivity contribution in [3.05, 3.63) is 12.2 Å². The third kappa shape index (κ3) is 4.94. The van der Waals surface area contributed by atoms with E-state index in [0.29, 0.717) is 42.1 Å². The molecule has 0 unspecified atom stereocenters. The van der Waals surface area contributed by atoms with E-state index in [2.05, 4.69) is 53.4 Å². The van der Waals surface area contributed by atoms with Gasteiger partial charge in [-0.2, -0.15) is 0 Å². The Morgan fingerprint density at radius 1 is 0.783 bits per heavy atom. The van der Waals surface area contributed by atoms with Gasteiger partial charge in [-0.25, -0.2) is 0 Å². The maximum Gasteiger partial charge on any atom is 0.306 e. The van der Waals surface area contributed by atoms with Crippen molar-refractivity contribution in [2.75, 3.05) is 6.54 Å². The first-order chi connectivity index (χ1) is 21.5. The Balaban J connectivity index is 1.25. The lowest BCUT2D eigenvalue weighted by atomic mass is 9.32. The molecule has 6 aliphatic rings. The number of carbonyl (C=O) groups excluding carboxylic acids is 2. The Bertz CT molecular complexity index is 1250. The second-order valence-electron chi connectivity index (χ2n) is 18.6. The molecule has 258 valence electrons. The Morgan fingerprint density at radius 2 is 1.48 bits per heavy atom. The van der Waals surface area contributed by atoms with E-state index in [0.717, 1.165) is 64.2 Å². The van der Waals surface area contributed by atoms with E-state index in [1.807, 2.05) is 0 Å². The van der Waals surface area contributed by atoms with E-state index in [1.54, 1.807) is 6.92 Å². The van der Waals surface area contributed by atoms with Gasteiger partial charge < -0.3 is 15.2 Å². The van der Waals surface area contributed by atoms with Gasteiger partial charge in [0.15, 0.2) is 0 Å². The van der Waals surface area contributed by atoms with Crippen molar-refractivity contribution in [2.45, 2.75) is 144 Å². The maximum absolute atomic E-state index is 14.5. The number of carboxylic acid groups (broad SMARTS) is 1. The van der Waals surface area contributed by atoms with Crippen LogP contribution in [-0.4, -0.2) is 35.6 Å². The van der Waals surface area contributed by atoms with Crippen molar-refractivity contribution in [1.82, 2.24) is 5.32 Å². The van der Waals surface area contributed by atoms with E-state index < -0.39 is 5.97 Å². The third-order valence-corrected chi connectivity index (χ3v) is 16.5. The molecule has 0 heterocycles. The highest BCUT2D eigenvalue weighted by atomic mass is 16.5. The smallest absolute Gasteiger partial charge is 0.306 e. The van der Waals surface area contributed by atoms with Crippen LogP contribution in [0.25, 0.3) is 0 Å². The summed E-state index contributed by atoms with van der Waals surface area (Å²) in [5, 5.41) is 12.9. The second kappa shape index (κ2) is 11.6. The summed E-state index contributed by atoms with van der Waals surface area (Å²) in [5.41, 5.74) is 1.49. The molecule has 0 saturated heterocycles. The van der Waals surface area contributed by atoms with Gasteiger partial charge in [-0.1, -0.05) is 46.8 Å². The highest BCUT2D eigenvalue weighted by molar-refractivity contribution is 5.84. The number of rotatable bonds is 6. The van der Waals surface area contributed by atoms with E-state index in [1.165, 1.54) is 31.3 Å². The summed E-state index contributed by atoms with van der Waals surface area (Å²) in [6, 6.07) is 0. The molecule has 0 radical (unpaired) electrons. The first-order valence-corrected chi connectivity index (χ1v) is 18.8. The molecule has 0 bridgehead atoms. The molecule has 6 saturated carbocycles. The van der Waals surface area contributed by atoms with Crippen LogP contribution in [-0.2, 0) is 19.1 Å². The highest BCUT2D eigenvalue weighted by Gasteiger charge is 2.72. The van der Waals surface area contributed by atoms with Crippen LogP contribution in [0, 0.1) is 68.5 Å². The number of carbonyl (C=O) groups is 3. The van der Waals surface area contributed by atoms with Crippen LogP contribution >= 0.6 is 0 Å². The van der Waals surface area contributed by atoms with Crippen LogP contribution in [0.15, 0.2) is 12.2 Å². The van der Waals surface area contributed by atoms with E-state index in [4.69, 9.17) is 4.74 Å². The van der Waals surface area contributed by atoms with Crippen molar-refractivity contribution in [2.24, 2.45) is 68.5 Å². The number of ether oxygens (including phenoxy) is 1. The van der Waals surface area contributed by atoms with Gasteiger partial charge in [0.05, 0.1) is 11.3 Å². The van der Waals surface area contributed by atoms with Crippen LogP contribution in [0.1, 0.15) is 138 Å². The lowest BCUT2D eigenvalue weighted by Gasteiger charge is -2.72. The summed E-state index contributed by atoms with van der Waals surface area (Å²) in [7, 11) is 0. The minimum absolute atomic E-state index is 0.00446. The zero-order chi connectivity index (χ0) is 33.4. The van der Waals surface area contributed by atoms with Crippen LogP contribution in [0.3, 0.4) is 0 Å². The summed E-state index contributed by atoms with van der Waals surface area (Å²) in [5.74, 6) is 2.01. The highest BCUT2D eigenvalue weighted by Crippen LogP contribution is 2.77. The number of fused-ring (bicyclic) bond motifs is 7. The standard InChI is InChI=1S/C40H63NO5/c1-24(2)28-15-20-40(35(45)41-23-26-9-11-27(12-10-26)34(43)44)22-21-38(7)29(33(28)40)13-14-31-37(6)18-17-32(46-25(3)42)36(4,5)30(37)16-19-39(31,38)8/h26-33H,1,9-23H2,2-8H3,(H,41,45)(H,43,44)/t26?,27?,28-,29+,30-,31+,32-,33+,37-,38+,39+,40-/m0/s1. The number of esters is 1. The van der Waals surface area contributed by atoms with Crippen LogP contribution < -0.4 is 5.32 Å². The second-order valence-corrected chi connectivity index (χ2v) is 18.6. The zero-order valence-electron chi connectivity index (χ0n) is 30.0. The summed E-state index contributed by atoms with van der Waals surface area (Å²) in [6.07, 6.45) is 14.2. The number of aliphatic carboxylic acids is 1. The molecule has 10 atom stereocenters. The van der Waals surface area contributed by atoms with E-state index in [-0.39, 0.29) is 51.0 Å². The lowest BCUT2D eigenvalue weighted by molar-refractivity contribution is -0.248. The molecule has 1 amide bonds. The summed E-state index contributed by atoms with van der Waals surface area (Å²) >= 11 is 0. The van der Waals surface area contributed by atoms with Crippen molar-refractivity contribution >= 4 is 17.8 Å². The van der Waals surface area contributed by atoms with Crippen molar-refractivity contribution in [3.63, 3.8) is 0 Å². The minimum atomic E-state index is -0.671. The van der Waals surface area contributed by atoms with Gasteiger partial charge >= 0.3 is 11.9 Å². The molecule has 6 nitrogen and oxygen atoms in total. The summed E-state index contributed by atoms with van der Waals surface area (Å²) in [6.45, 7) is 21.5. The quantitative estimate of drug-likeness (QED) is 0.225. The van der Waals surface area contributed by atoms with Gasteiger partial charge in [-0.15, -0.1) is 0 Å². The van der Waals surface area contributed by atoms with Crippen LogP contribution in [0.2, 0.25) is 0 Å². The van der Waals surface area contributed by atoms with Crippen LogP contribution in [0.4, 0.5) is 0 Å². The fraction of sp³-hybridized carbons (Fsp3) is 0.875. The summed E-state index contributed by atoms with van der Waals surface area (Å²) in [4.78, 5) is 38.0. The Morgan fingerprint density at radius 3 is 2.11 bits per heavy atom. The number of allylic oxidation sites excluding steroid dienone is 1. The van der Waals surface area contributed by atoms with Gasteiger partial charge in [0.2, 0.25) is 5.91 Å². The first kappa shape index (κ1) is 34.0. The topological polar surface area (TPSA) is 92.7 Å². The fourth-order valence-electron chi connectivity index (χ4n) is 13.9. The number of amides is 1. The predicted molar refractivity (Wildman–Crippen MR) is 181 cm³/mol. The number of hydrogen-bond acceptors (Lipinski definition) is 4. The molecule has 6 aliphatic carbocycles. The molecule has 0 aromatic carbocycles. The molecule has 0 aromatic heterocycles. The molecule has 0 spiro atoms. The van der Waals surface area contributed by atoms with Gasteiger partial charge in [-0.3, -0.25) is 14.4 Å².